The van der Waals surface area contributed by atoms with Crippen molar-refractivity contribution >= 4 is 21.8 Å². The highest BCUT2D eigenvalue weighted by atomic mass is 79.9. The standard InChI is InChI=1S/C14H12BrFN2O2/c15-10-6-5-9(12(16)7-10)8-20-13-4-2-1-3-11(13)14(17)18-19/h1-7,19H,8H2,(H2,17,18). The van der Waals surface area contributed by atoms with Crippen molar-refractivity contribution in [2.45, 2.75) is 6.61 Å². The first-order chi connectivity index (χ1) is 9.61. The Balaban J connectivity index is 2.19. The SMILES string of the molecule is N/C(=N\O)c1ccccc1OCc1ccc(Br)cc1F. The molecule has 2 rings (SSSR count). The van der Waals surface area contributed by atoms with Gasteiger partial charge in [-0.3, -0.25) is 0 Å². The Bertz CT molecular complexity index is 647. The highest BCUT2D eigenvalue weighted by molar-refractivity contribution is 9.10. The van der Waals surface area contributed by atoms with E-state index in [2.05, 4.69) is 21.1 Å². The van der Waals surface area contributed by atoms with Crippen molar-refractivity contribution in [3.8, 4) is 5.75 Å². The molecular formula is C14H12BrFN2O2. The van der Waals surface area contributed by atoms with Crippen LogP contribution in [0.4, 0.5) is 4.39 Å². The summed E-state index contributed by atoms with van der Waals surface area (Å²) in [6, 6.07) is 11.5. The third-order valence-electron chi connectivity index (χ3n) is 2.67. The quantitative estimate of drug-likeness (QED) is 0.389. The average Bonchev–Trinajstić information content (AvgIpc) is 2.46. The van der Waals surface area contributed by atoms with E-state index in [9.17, 15) is 4.39 Å². The van der Waals surface area contributed by atoms with Crippen LogP contribution in [0.15, 0.2) is 52.1 Å². The highest BCUT2D eigenvalue weighted by Crippen LogP contribution is 2.21. The molecule has 6 heteroatoms. The monoisotopic (exact) mass is 338 g/mol. The zero-order valence-corrected chi connectivity index (χ0v) is 12.0. The Morgan fingerprint density at radius 3 is 2.75 bits per heavy atom. The molecular weight excluding hydrogens is 327 g/mol. The summed E-state index contributed by atoms with van der Waals surface area (Å²) < 4.78 is 19.9. The number of para-hydroxylation sites is 1. The van der Waals surface area contributed by atoms with E-state index in [-0.39, 0.29) is 18.3 Å². The summed E-state index contributed by atoms with van der Waals surface area (Å²) in [7, 11) is 0. The van der Waals surface area contributed by atoms with Gasteiger partial charge >= 0.3 is 0 Å². The number of nitrogens with two attached hydrogens (primary N) is 1. The Morgan fingerprint density at radius 1 is 1.30 bits per heavy atom. The first kappa shape index (κ1) is 14.3. The van der Waals surface area contributed by atoms with Gasteiger partial charge in [-0.1, -0.05) is 39.3 Å². The van der Waals surface area contributed by atoms with Crippen molar-refractivity contribution in [2.24, 2.45) is 10.9 Å². The molecule has 0 unspecified atom stereocenters. The molecule has 20 heavy (non-hydrogen) atoms. The number of ether oxygens (including phenoxy) is 1. The number of hydrogen-bond acceptors (Lipinski definition) is 3. The molecule has 0 fully saturated rings. The smallest absolute Gasteiger partial charge is 0.173 e. The Hall–Kier alpha value is -2.08. The fourth-order valence-corrected chi connectivity index (χ4v) is 1.99. The summed E-state index contributed by atoms with van der Waals surface area (Å²) in [6.45, 7) is 0.0504. The van der Waals surface area contributed by atoms with Crippen molar-refractivity contribution in [3.63, 3.8) is 0 Å². The van der Waals surface area contributed by atoms with Gasteiger partial charge in [0.25, 0.3) is 0 Å². The summed E-state index contributed by atoms with van der Waals surface area (Å²) in [4.78, 5) is 0. The van der Waals surface area contributed by atoms with Crippen LogP contribution in [0.3, 0.4) is 0 Å². The van der Waals surface area contributed by atoms with Gasteiger partial charge in [0, 0.05) is 10.0 Å². The molecule has 0 saturated heterocycles. The lowest BCUT2D eigenvalue weighted by molar-refractivity contribution is 0.297. The summed E-state index contributed by atoms with van der Waals surface area (Å²) in [5.74, 6) is 0.00245. The fraction of sp³-hybridized carbons (Fsp3) is 0.0714. The molecule has 3 N–H and O–H groups in total. The second-order valence-electron chi connectivity index (χ2n) is 4.01. The van der Waals surface area contributed by atoms with Gasteiger partial charge in [-0.2, -0.15) is 0 Å². The number of amidine groups is 1. The molecule has 0 aliphatic heterocycles. The van der Waals surface area contributed by atoms with Crippen LogP contribution in [-0.4, -0.2) is 11.0 Å². The maximum atomic E-state index is 13.7. The van der Waals surface area contributed by atoms with Gasteiger partial charge in [0.2, 0.25) is 0 Å². The molecule has 0 saturated carbocycles. The van der Waals surface area contributed by atoms with Crippen LogP contribution in [0.1, 0.15) is 11.1 Å². The van der Waals surface area contributed by atoms with E-state index in [4.69, 9.17) is 15.7 Å². The van der Waals surface area contributed by atoms with Crippen molar-refractivity contribution in [3.05, 3.63) is 63.9 Å². The van der Waals surface area contributed by atoms with Crippen LogP contribution in [0, 0.1) is 5.82 Å². The predicted octanol–water partition coefficient (Wildman–Crippen LogP) is 3.26. The van der Waals surface area contributed by atoms with Gasteiger partial charge in [0.05, 0.1) is 5.56 Å². The molecule has 104 valence electrons. The Kier molecular flexibility index (Phi) is 4.57. The number of hydrogen-bond donors (Lipinski definition) is 2. The van der Waals surface area contributed by atoms with E-state index < -0.39 is 0 Å². The fourth-order valence-electron chi connectivity index (χ4n) is 1.65. The number of oxime groups is 1. The van der Waals surface area contributed by atoms with E-state index in [1.807, 2.05) is 0 Å². The molecule has 0 aliphatic carbocycles. The van der Waals surface area contributed by atoms with Crippen molar-refractivity contribution in [1.82, 2.24) is 0 Å². The zero-order valence-electron chi connectivity index (χ0n) is 10.4. The number of halogens is 2. The summed E-state index contributed by atoms with van der Waals surface area (Å²) in [5.41, 5.74) is 6.42. The summed E-state index contributed by atoms with van der Waals surface area (Å²) >= 11 is 3.19. The lowest BCUT2D eigenvalue weighted by atomic mass is 10.2. The molecule has 4 nitrogen and oxygen atoms in total. The molecule has 2 aromatic carbocycles. The van der Waals surface area contributed by atoms with E-state index in [1.165, 1.54) is 6.07 Å². The Labute approximate surface area is 123 Å². The van der Waals surface area contributed by atoms with Crippen LogP contribution in [-0.2, 0) is 6.61 Å². The molecule has 0 bridgehead atoms. The normalized spacial score (nSPS) is 11.4. The van der Waals surface area contributed by atoms with Crippen molar-refractivity contribution < 1.29 is 14.3 Å². The largest absolute Gasteiger partial charge is 0.488 e. The Morgan fingerprint density at radius 2 is 2.05 bits per heavy atom. The van der Waals surface area contributed by atoms with E-state index in [0.29, 0.717) is 21.3 Å². The minimum Gasteiger partial charge on any atom is -0.488 e. The van der Waals surface area contributed by atoms with Gasteiger partial charge in [-0.05, 0) is 24.3 Å². The van der Waals surface area contributed by atoms with Crippen LogP contribution < -0.4 is 10.5 Å². The lowest BCUT2D eigenvalue weighted by Gasteiger charge is -2.11. The maximum Gasteiger partial charge on any atom is 0.173 e. The summed E-state index contributed by atoms with van der Waals surface area (Å²) in [6.07, 6.45) is 0. The van der Waals surface area contributed by atoms with Gasteiger partial charge in [0.1, 0.15) is 18.2 Å². The maximum absolute atomic E-state index is 13.7. The second kappa shape index (κ2) is 6.38. The lowest BCUT2D eigenvalue weighted by Crippen LogP contribution is -2.14. The van der Waals surface area contributed by atoms with E-state index >= 15 is 0 Å². The van der Waals surface area contributed by atoms with Crippen LogP contribution >= 0.6 is 15.9 Å². The topological polar surface area (TPSA) is 67.8 Å². The first-order valence-corrected chi connectivity index (χ1v) is 6.54. The number of benzene rings is 2. The molecule has 0 heterocycles. The van der Waals surface area contributed by atoms with Gasteiger partial charge in [-0.25, -0.2) is 4.39 Å². The van der Waals surface area contributed by atoms with Gasteiger partial charge in [-0.15, -0.1) is 0 Å². The molecule has 2 aromatic rings. The summed E-state index contributed by atoms with van der Waals surface area (Å²) in [5, 5.41) is 11.7. The molecule has 0 aromatic heterocycles. The number of nitrogens with zero attached hydrogens (tertiary/aromatic N) is 1. The molecule has 0 spiro atoms. The van der Waals surface area contributed by atoms with Crippen molar-refractivity contribution in [2.75, 3.05) is 0 Å². The second-order valence-corrected chi connectivity index (χ2v) is 4.92. The van der Waals surface area contributed by atoms with Crippen LogP contribution in [0.25, 0.3) is 0 Å². The molecule has 0 atom stereocenters. The number of rotatable bonds is 4. The van der Waals surface area contributed by atoms with Gasteiger partial charge < -0.3 is 15.7 Å². The third kappa shape index (κ3) is 3.27. The van der Waals surface area contributed by atoms with E-state index in [1.54, 1.807) is 36.4 Å². The van der Waals surface area contributed by atoms with E-state index in [0.717, 1.165) is 0 Å². The molecule has 0 amide bonds. The molecule has 0 radical (unpaired) electrons. The minimum atomic E-state index is -0.361. The predicted molar refractivity (Wildman–Crippen MR) is 77.4 cm³/mol. The van der Waals surface area contributed by atoms with Crippen LogP contribution in [0.2, 0.25) is 0 Å². The first-order valence-electron chi connectivity index (χ1n) is 5.75. The minimum absolute atomic E-state index is 0.0504. The average molecular weight is 339 g/mol. The zero-order chi connectivity index (χ0) is 14.5. The molecule has 0 aliphatic rings. The highest BCUT2D eigenvalue weighted by Gasteiger charge is 2.09. The van der Waals surface area contributed by atoms with Crippen molar-refractivity contribution in [1.29, 1.82) is 0 Å². The third-order valence-corrected chi connectivity index (χ3v) is 3.16. The van der Waals surface area contributed by atoms with Crippen LogP contribution in [0.5, 0.6) is 5.75 Å². The van der Waals surface area contributed by atoms with Gasteiger partial charge in [0.15, 0.2) is 5.84 Å².